The Morgan fingerprint density at radius 3 is 1.86 bits per heavy atom. The minimum absolute atomic E-state index is 0.131. The van der Waals surface area contributed by atoms with Crippen LogP contribution in [0.2, 0.25) is 0 Å². The number of ketones is 1. The van der Waals surface area contributed by atoms with Crippen molar-refractivity contribution < 1.29 is 4.79 Å². The van der Waals surface area contributed by atoms with Gasteiger partial charge in [-0.15, -0.1) is 0 Å². The fraction of sp³-hybridized carbons (Fsp3) is 0.947. The first kappa shape index (κ1) is 20.6. The third-order valence-electron chi connectivity index (χ3n) is 5.79. The van der Waals surface area contributed by atoms with Gasteiger partial charge < -0.3 is 5.32 Å². The molecular weight excluding hydrogens is 258 g/mol. The lowest BCUT2D eigenvalue weighted by Crippen LogP contribution is -2.44. The number of nitrogens with one attached hydrogen (secondary N) is 1. The van der Waals surface area contributed by atoms with Crippen molar-refractivity contribution in [2.75, 3.05) is 7.05 Å². The highest BCUT2D eigenvalue weighted by molar-refractivity contribution is 5.81. The van der Waals surface area contributed by atoms with Gasteiger partial charge in [-0.05, 0) is 57.9 Å². The zero-order valence-corrected chi connectivity index (χ0v) is 16.2. The van der Waals surface area contributed by atoms with Crippen LogP contribution in [0.4, 0.5) is 0 Å². The van der Waals surface area contributed by atoms with Crippen molar-refractivity contribution >= 4 is 5.78 Å². The van der Waals surface area contributed by atoms with E-state index in [1.807, 2.05) is 7.05 Å². The van der Waals surface area contributed by atoms with Crippen molar-refractivity contribution in [1.82, 2.24) is 5.32 Å². The summed E-state index contributed by atoms with van der Waals surface area (Å²) in [5.41, 5.74) is 0.206. The first-order chi connectivity index (χ1) is 9.29. The Bertz CT molecular complexity index is 341. The molecule has 0 aromatic rings. The molecule has 0 aromatic heterocycles. The molecule has 1 N–H and O–H groups in total. The normalized spacial score (nSPS) is 16.7. The van der Waals surface area contributed by atoms with Crippen LogP contribution in [0.1, 0.15) is 81.6 Å². The number of carbonyl (C=O) groups is 1. The maximum absolute atomic E-state index is 11.9. The van der Waals surface area contributed by atoms with Gasteiger partial charge in [-0.25, -0.2) is 0 Å². The van der Waals surface area contributed by atoms with Crippen molar-refractivity contribution in [3.05, 3.63) is 0 Å². The highest BCUT2D eigenvalue weighted by atomic mass is 16.1. The second-order valence-corrected chi connectivity index (χ2v) is 8.91. The summed E-state index contributed by atoms with van der Waals surface area (Å²) < 4.78 is 0. The summed E-state index contributed by atoms with van der Waals surface area (Å²) in [6.45, 7) is 19.8. The van der Waals surface area contributed by atoms with Gasteiger partial charge in [0.15, 0.2) is 0 Å². The largest absolute Gasteiger partial charge is 0.315 e. The molecule has 0 heterocycles. The van der Waals surface area contributed by atoms with Gasteiger partial charge in [0, 0.05) is 11.0 Å². The summed E-state index contributed by atoms with van der Waals surface area (Å²) in [6.07, 6.45) is 3.28. The van der Waals surface area contributed by atoms with E-state index in [1.54, 1.807) is 6.92 Å². The SMILES string of the molecule is CCC(C)(C)C(CC(C)(C)NC)C(C)CC(C)(C)C(C)=O. The van der Waals surface area contributed by atoms with Crippen molar-refractivity contribution in [3.8, 4) is 0 Å². The van der Waals surface area contributed by atoms with Crippen LogP contribution in [0.25, 0.3) is 0 Å². The summed E-state index contributed by atoms with van der Waals surface area (Å²) >= 11 is 0. The van der Waals surface area contributed by atoms with Crippen LogP contribution in [0.3, 0.4) is 0 Å². The smallest absolute Gasteiger partial charge is 0.135 e. The minimum atomic E-state index is -0.217. The number of Topliss-reactive ketones (excluding diaryl/α,β-unsaturated/α-hetero) is 1. The summed E-state index contributed by atoms with van der Waals surface area (Å²) in [7, 11) is 2.04. The maximum Gasteiger partial charge on any atom is 0.135 e. The van der Waals surface area contributed by atoms with Crippen molar-refractivity contribution in [1.29, 1.82) is 0 Å². The summed E-state index contributed by atoms with van der Waals surface area (Å²) in [6, 6.07) is 0. The van der Waals surface area contributed by atoms with Gasteiger partial charge in [0.25, 0.3) is 0 Å². The van der Waals surface area contributed by atoms with E-state index < -0.39 is 0 Å². The van der Waals surface area contributed by atoms with Gasteiger partial charge >= 0.3 is 0 Å². The average molecular weight is 298 g/mol. The molecule has 0 spiro atoms. The molecule has 2 nitrogen and oxygen atoms in total. The molecule has 0 aromatic carbocycles. The van der Waals surface area contributed by atoms with Crippen molar-refractivity contribution in [3.63, 3.8) is 0 Å². The molecule has 0 aliphatic carbocycles. The van der Waals surface area contributed by atoms with Crippen LogP contribution in [-0.2, 0) is 4.79 Å². The van der Waals surface area contributed by atoms with E-state index in [2.05, 4.69) is 60.7 Å². The molecular formula is C19H39NO. The Kier molecular flexibility index (Phi) is 7.13. The van der Waals surface area contributed by atoms with Crippen molar-refractivity contribution in [2.24, 2.45) is 22.7 Å². The minimum Gasteiger partial charge on any atom is -0.315 e. The Morgan fingerprint density at radius 2 is 1.52 bits per heavy atom. The second kappa shape index (κ2) is 7.26. The molecule has 2 unspecified atom stereocenters. The van der Waals surface area contributed by atoms with E-state index in [-0.39, 0.29) is 11.0 Å². The van der Waals surface area contributed by atoms with Gasteiger partial charge in [0.05, 0.1) is 0 Å². The molecule has 126 valence electrons. The summed E-state index contributed by atoms with van der Waals surface area (Å²) in [5, 5.41) is 3.44. The van der Waals surface area contributed by atoms with E-state index >= 15 is 0 Å². The Balaban J connectivity index is 5.27. The fourth-order valence-electron chi connectivity index (χ4n) is 3.25. The lowest BCUT2D eigenvalue weighted by Gasteiger charge is -2.44. The molecule has 0 aliphatic rings. The molecule has 2 atom stereocenters. The number of hydrogen-bond donors (Lipinski definition) is 1. The monoisotopic (exact) mass is 297 g/mol. The van der Waals surface area contributed by atoms with Crippen LogP contribution >= 0.6 is 0 Å². The van der Waals surface area contributed by atoms with Crippen LogP contribution in [-0.4, -0.2) is 18.4 Å². The zero-order valence-electron chi connectivity index (χ0n) is 16.2. The van der Waals surface area contributed by atoms with Crippen LogP contribution in [0.15, 0.2) is 0 Å². The van der Waals surface area contributed by atoms with Crippen LogP contribution < -0.4 is 5.32 Å². The summed E-state index contributed by atoms with van der Waals surface area (Å²) in [4.78, 5) is 11.9. The highest BCUT2D eigenvalue weighted by Crippen LogP contribution is 2.44. The van der Waals surface area contributed by atoms with E-state index in [0.29, 0.717) is 23.0 Å². The van der Waals surface area contributed by atoms with E-state index in [9.17, 15) is 4.79 Å². The molecule has 0 bridgehead atoms. The highest BCUT2D eigenvalue weighted by Gasteiger charge is 2.38. The molecule has 0 amide bonds. The predicted molar refractivity (Wildman–Crippen MR) is 93.6 cm³/mol. The lowest BCUT2D eigenvalue weighted by molar-refractivity contribution is -0.126. The van der Waals surface area contributed by atoms with Gasteiger partial charge in [0.2, 0.25) is 0 Å². The van der Waals surface area contributed by atoms with Crippen LogP contribution in [0, 0.1) is 22.7 Å². The average Bonchev–Trinajstić information content (AvgIpc) is 2.35. The molecule has 0 saturated carbocycles. The number of rotatable bonds is 9. The molecule has 0 saturated heterocycles. The van der Waals surface area contributed by atoms with Gasteiger partial charge in [0.1, 0.15) is 5.78 Å². The molecule has 0 aliphatic heterocycles. The van der Waals surface area contributed by atoms with Crippen LogP contribution in [0.5, 0.6) is 0 Å². The fourth-order valence-corrected chi connectivity index (χ4v) is 3.25. The predicted octanol–water partition coefficient (Wildman–Crippen LogP) is 5.07. The molecule has 0 rings (SSSR count). The standard InChI is InChI=1S/C19H39NO/c1-11-17(4,5)16(13-19(8,9)20-10)14(2)12-18(6,7)15(3)21/h14,16,20H,11-13H2,1-10H3. The quantitative estimate of drug-likeness (QED) is 0.644. The van der Waals surface area contributed by atoms with Crippen molar-refractivity contribution in [2.45, 2.75) is 87.1 Å². The Hall–Kier alpha value is -0.370. The van der Waals surface area contributed by atoms with Gasteiger partial charge in [-0.2, -0.15) is 0 Å². The lowest BCUT2D eigenvalue weighted by atomic mass is 9.63. The van der Waals surface area contributed by atoms with E-state index in [1.165, 1.54) is 6.42 Å². The van der Waals surface area contributed by atoms with Gasteiger partial charge in [-0.3, -0.25) is 4.79 Å². The Morgan fingerprint density at radius 1 is 1.05 bits per heavy atom. The van der Waals surface area contributed by atoms with E-state index in [0.717, 1.165) is 12.8 Å². The topological polar surface area (TPSA) is 29.1 Å². The third-order valence-corrected chi connectivity index (χ3v) is 5.79. The third kappa shape index (κ3) is 6.10. The number of hydrogen-bond acceptors (Lipinski definition) is 2. The summed E-state index contributed by atoms with van der Waals surface area (Å²) in [5.74, 6) is 1.44. The first-order valence-corrected chi connectivity index (χ1v) is 8.49. The van der Waals surface area contributed by atoms with Gasteiger partial charge in [-0.1, -0.05) is 48.0 Å². The molecule has 0 radical (unpaired) electrons. The Labute approximate surface area is 133 Å². The first-order valence-electron chi connectivity index (χ1n) is 8.49. The van der Waals surface area contributed by atoms with E-state index in [4.69, 9.17) is 0 Å². The second-order valence-electron chi connectivity index (χ2n) is 8.91. The molecule has 21 heavy (non-hydrogen) atoms. The number of carbonyl (C=O) groups excluding carboxylic acids is 1. The zero-order chi connectivity index (χ0) is 17.1. The molecule has 2 heteroatoms. The maximum atomic E-state index is 11.9. The molecule has 0 fully saturated rings.